The van der Waals surface area contributed by atoms with Gasteiger partial charge in [0.15, 0.2) is 0 Å². The molecule has 0 unspecified atom stereocenters. The van der Waals surface area contributed by atoms with E-state index in [9.17, 15) is 0 Å². The van der Waals surface area contributed by atoms with Crippen molar-refractivity contribution in [1.29, 1.82) is 0 Å². The largest absolute Gasteiger partial charge is 0.316 e. The Balaban J connectivity index is 2.61. The SMILES string of the molecule is CC1=NI=IN1. The van der Waals surface area contributed by atoms with Crippen LogP contribution in [0, 0.1) is 0 Å². The highest BCUT2D eigenvalue weighted by atomic mass is 128. The second kappa shape index (κ2) is 2.29. The monoisotopic (exact) mass is 310 g/mol. The Hall–Kier alpha value is 0.930. The first kappa shape index (κ1) is 5.07. The highest BCUT2D eigenvalue weighted by molar-refractivity contribution is 14.8. The molecule has 0 fully saturated rings. The molecule has 1 aliphatic rings. The highest BCUT2D eigenvalue weighted by Crippen LogP contribution is 2.19. The Labute approximate surface area is 52.8 Å². The van der Waals surface area contributed by atoms with Crippen LogP contribution in [-0.2, 0) is 0 Å². The summed E-state index contributed by atoms with van der Waals surface area (Å²) in [5.41, 5.74) is 0. The van der Waals surface area contributed by atoms with Gasteiger partial charge in [-0.1, -0.05) is 0 Å². The van der Waals surface area contributed by atoms with Crippen molar-refractivity contribution in [2.24, 2.45) is 3.21 Å². The van der Waals surface area contributed by atoms with E-state index in [1.54, 1.807) is 0 Å². The van der Waals surface area contributed by atoms with Gasteiger partial charge in [-0.15, -0.1) is 0 Å². The summed E-state index contributed by atoms with van der Waals surface area (Å²) < 4.78 is 7.43. The lowest BCUT2D eigenvalue weighted by atomic mass is 10.8. The van der Waals surface area contributed by atoms with Crippen molar-refractivity contribution in [2.45, 2.75) is 6.92 Å². The molecule has 0 aromatic rings. The van der Waals surface area contributed by atoms with Gasteiger partial charge in [0.2, 0.25) is 0 Å². The van der Waals surface area contributed by atoms with E-state index in [0.717, 1.165) is 0 Å². The van der Waals surface area contributed by atoms with Gasteiger partial charge in [0, 0.05) is 0 Å². The van der Waals surface area contributed by atoms with Crippen molar-refractivity contribution < 1.29 is 0 Å². The van der Waals surface area contributed by atoms with Crippen LogP contribution in [0.4, 0.5) is 0 Å². The van der Waals surface area contributed by atoms with E-state index in [0.29, 0.717) is 16.9 Å². The summed E-state index contributed by atoms with van der Waals surface area (Å²) in [5, 5.41) is 0. The summed E-state index contributed by atoms with van der Waals surface area (Å²) in [5.74, 6) is 1.18. The van der Waals surface area contributed by atoms with Crippen LogP contribution < -0.4 is 3.53 Å². The molecule has 0 aliphatic carbocycles. The fourth-order valence-electron chi connectivity index (χ4n) is 0.148. The van der Waals surface area contributed by atoms with Crippen LogP contribution in [0.5, 0.6) is 0 Å². The zero-order valence-electron chi connectivity index (χ0n) is 3.20. The van der Waals surface area contributed by atoms with E-state index < -0.39 is 0 Å². The van der Waals surface area contributed by atoms with Crippen molar-refractivity contribution in [3.8, 4) is 0 Å². The summed E-state index contributed by atoms with van der Waals surface area (Å²) in [6.07, 6.45) is 0. The van der Waals surface area contributed by atoms with E-state index in [4.69, 9.17) is 0 Å². The maximum atomic E-state index is 4.20. The first-order chi connectivity index (χ1) is 2.89. The van der Waals surface area contributed by atoms with Gasteiger partial charge in [0.25, 0.3) is 0 Å². The number of nitrogens with zero attached hydrogens (tertiary/aromatic N) is 1. The average molecular weight is 310 g/mol. The Morgan fingerprint density at radius 2 is 2.67 bits per heavy atom. The van der Waals surface area contributed by atoms with Crippen molar-refractivity contribution in [2.75, 3.05) is 0 Å². The molecule has 1 aliphatic heterocycles. The van der Waals surface area contributed by atoms with Crippen molar-refractivity contribution in [1.82, 2.24) is 3.53 Å². The topological polar surface area (TPSA) is 24.4 Å². The van der Waals surface area contributed by atoms with Crippen LogP contribution in [-0.4, -0.2) is 5.84 Å². The molecule has 0 saturated heterocycles. The third-order valence-corrected chi connectivity index (χ3v) is 6.25. The van der Waals surface area contributed by atoms with E-state index in [1.165, 1.54) is 5.84 Å². The van der Waals surface area contributed by atoms with Gasteiger partial charge in [-0.3, -0.25) is 0 Å². The molecule has 2 nitrogen and oxygen atoms in total. The van der Waals surface area contributed by atoms with Gasteiger partial charge in [0.05, 0.1) is 33.7 Å². The minimum Gasteiger partial charge on any atom is -0.316 e. The number of halogens is 2. The van der Waals surface area contributed by atoms with Gasteiger partial charge >= 0.3 is 0 Å². The smallest absolute Gasteiger partial charge is 0.114 e. The van der Waals surface area contributed by atoms with Gasteiger partial charge in [-0.25, -0.2) is 3.21 Å². The van der Waals surface area contributed by atoms with Crippen LogP contribution in [0.3, 0.4) is 0 Å². The van der Waals surface area contributed by atoms with Crippen molar-refractivity contribution in [3.63, 3.8) is 0 Å². The van der Waals surface area contributed by atoms with E-state index in [2.05, 4.69) is 6.74 Å². The second-order valence-corrected chi connectivity index (χ2v) is 7.88. The first-order valence-corrected chi connectivity index (χ1v) is 9.80. The molecule has 1 rings (SSSR count). The summed E-state index contributed by atoms with van der Waals surface area (Å²) in [6.45, 7) is 2.03. The Bertz CT molecular complexity index is 106. The number of hydrogen-bond acceptors (Lipinski definition) is 2. The molecule has 1 heterocycles. The van der Waals surface area contributed by atoms with Crippen molar-refractivity contribution in [3.05, 3.63) is 0 Å². The quantitative estimate of drug-likeness (QED) is 0.534. The maximum Gasteiger partial charge on any atom is 0.114 e. The molecule has 4 heteroatoms. The summed E-state index contributed by atoms with van der Waals surface area (Å²) in [6, 6.07) is 0. The van der Waals surface area contributed by atoms with Crippen LogP contribution in [0.25, 0.3) is 0 Å². The Morgan fingerprint density at radius 3 is 2.83 bits per heavy atom. The van der Waals surface area contributed by atoms with E-state index >= 15 is 0 Å². The summed E-state index contributed by atoms with van der Waals surface area (Å²) >= 11 is 0.647. The number of nitrogens with one attached hydrogen (secondary N) is 1. The lowest BCUT2D eigenvalue weighted by Crippen LogP contribution is -2.01. The second-order valence-electron chi connectivity index (χ2n) is 0.900. The molecule has 6 heavy (non-hydrogen) atoms. The lowest BCUT2D eigenvalue weighted by molar-refractivity contribution is 1.54. The molecular formula is C2H4I2N2. The average Bonchev–Trinajstić information content (AvgIpc) is 1.86. The van der Waals surface area contributed by atoms with Crippen LogP contribution in [0.2, 0.25) is 0 Å². The molecule has 0 amide bonds. The third kappa shape index (κ3) is 1.21. The zero-order valence-corrected chi connectivity index (χ0v) is 7.52. The molecule has 0 radical (unpaired) electrons. The molecular weight excluding hydrogens is 306 g/mol. The van der Waals surface area contributed by atoms with Gasteiger partial charge in [0.1, 0.15) is 5.84 Å². The number of rotatable bonds is 0. The van der Waals surface area contributed by atoms with E-state index in [1.807, 2.05) is 6.92 Å². The minimum absolute atomic E-state index is 0.289. The molecule has 0 aromatic heterocycles. The van der Waals surface area contributed by atoms with Gasteiger partial charge in [-0.2, -0.15) is 0 Å². The fourth-order valence-corrected chi connectivity index (χ4v) is 6.64. The lowest BCUT2D eigenvalue weighted by Gasteiger charge is -1.80. The fraction of sp³-hybridized carbons (Fsp3) is 0.500. The van der Waals surface area contributed by atoms with Crippen molar-refractivity contribution >= 4 is 39.6 Å². The predicted molar refractivity (Wildman–Crippen MR) is 44.3 cm³/mol. The van der Waals surface area contributed by atoms with E-state index in [-0.39, 0.29) is 16.9 Å². The molecule has 0 bridgehead atoms. The molecule has 0 spiro atoms. The maximum absolute atomic E-state index is 4.20. The molecule has 36 valence electrons. The number of hydrogen-bond donors (Lipinski definition) is 1. The Morgan fingerprint density at radius 1 is 1.83 bits per heavy atom. The third-order valence-electron chi connectivity index (χ3n) is 0.363. The highest BCUT2D eigenvalue weighted by Gasteiger charge is 1.87. The molecule has 0 atom stereocenters. The van der Waals surface area contributed by atoms with Gasteiger partial charge < -0.3 is 3.53 Å². The molecule has 0 aromatic carbocycles. The predicted octanol–water partition coefficient (Wildman–Crippen LogP) is 1.69. The normalized spacial score (nSPS) is 19.8. The Kier molecular flexibility index (Phi) is 1.94. The number of amidine groups is 1. The van der Waals surface area contributed by atoms with Crippen LogP contribution in [0.15, 0.2) is 3.21 Å². The minimum atomic E-state index is 0.289. The summed E-state index contributed by atoms with van der Waals surface area (Å²) in [7, 11) is 0. The van der Waals surface area contributed by atoms with Crippen LogP contribution >= 0.6 is 33.7 Å². The van der Waals surface area contributed by atoms with Crippen LogP contribution in [0.1, 0.15) is 6.92 Å². The van der Waals surface area contributed by atoms with Gasteiger partial charge in [-0.05, 0) is 6.92 Å². The first-order valence-electron chi connectivity index (χ1n) is 1.47. The zero-order chi connectivity index (χ0) is 4.41. The molecule has 0 saturated carbocycles. The standard InChI is InChI=1S/C2H4I2N2/c1-2-5-3-4-6-2/h1H3,(H,5,6). The summed E-state index contributed by atoms with van der Waals surface area (Å²) in [4.78, 5) is 0. The molecule has 1 N–H and O–H groups in total.